The van der Waals surface area contributed by atoms with Gasteiger partial charge in [-0.25, -0.2) is 9.37 Å². The Kier molecular flexibility index (Phi) is 6.13. The molecule has 3 N–H and O–H groups in total. The normalized spacial score (nSPS) is 24.3. The molecule has 2 unspecified atom stereocenters. The number of pyridine rings is 1. The van der Waals surface area contributed by atoms with Crippen molar-refractivity contribution in [2.75, 3.05) is 29.9 Å². The summed E-state index contributed by atoms with van der Waals surface area (Å²) in [5.74, 6) is 1.29. The second-order valence-corrected chi connectivity index (χ2v) is 11.1. The minimum Gasteiger partial charge on any atom is -0.340 e. The number of hydrogen-bond donors (Lipinski definition) is 3. The van der Waals surface area contributed by atoms with Crippen molar-refractivity contribution >= 4 is 52.0 Å². The van der Waals surface area contributed by atoms with Gasteiger partial charge in [0.1, 0.15) is 11.6 Å². The number of halogens is 3. The van der Waals surface area contributed by atoms with E-state index < -0.39 is 16.4 Å². The van der Waals surface area contributed by atoms with Crippen LogP contribution in [0.1, 0.15) is 52.6 Å². The Morgan fingerprint density at radius 2 is 1.87 bits per heavy atom. The van der Waals surface area contributed by atoms with E-state index in [1.54, 1.807) is 17.2 Å². The van der Waals surface area contributed by atoms with Crippen molar-refractivity contribution in [1.82, 2.24) is 9.88 Å². The molecule has 1 aromatic carbocycles. The van der Waals surface area contributed by atoms with Crippen LogP contribution in [0.4, 0.5) is 15.9 Å². The lowest BCUT2D eigenvalue weighted by atomic mass is 9.88. The van der Waals surface area contributed by atoms with Crippen LogP contribution in [0.15, 0.2) is 24.4 Å². The summed E-state index contributed by atoms with van der Waals surface area (Å²) in [6.07, 6.45) is 4.77. The molecular weight excluding hydrogens is 464 g/mol. The summed E-state index contributed by atoms with van der Waals surface area (Å²) in [5, 5.41) is 3.31. The van der Waals surface area contributed by atoms with Gasteiger partial charge in [0.05, 0.1) is 22.1 Å². The highest BCUT2D eigenvalue weighted by Crippen LogP contribution is 2.56. The van der Waals surface area contributed by atoms with Gasteiger partial charge in [0.15, 0.2) is 0 Å². The molecule has 2 bridgehead atoms. The third-order valence-electron chi connectivity index (χ3n) is 6.48. The number of aromatic nitrogens is 1. The monoisotopic (exact) mass is 487 g/mol. The Bertz CT molecular complexity index is 1030. The lowest BCUT2D eigenvalue weighted by molar-refractivity contribution is 0.0766. The van der Waals surface area contributed by atoms with Gasteiger partial charge in [0, 0.05) is 30.5 Å². The molecule has 2 aromatic rings. The summed E-state index contributed by atoms with van der Waals surface area (Å²) in [4.78, 5) is 19.5. The van der Waals surface area contributed by atoms with Gasteiger partial charge < -0.3 is 10.2 Å². The van der Waals surface area contributed by atoms with Crippen molar-refractivity contribution in [1.29, 1.82) is 0 Å². The van der Waals surface area contributed by atoms with Crippen LogP contribution in [0.3, 0.4) is 0 Å². The van der Waals surface area contributed by atoms with Gasteiger partial charge in [0.25, 0.3) is 5.91 Å². The molecule has 168 valence electrons. The first kappa shape index (κ1) is 22.6. The SMILES string of the molecule is Cl.O=C(c1cnc(Nc2ccc(F)c(Cl)c2)c2c1C1CCC2C1)N1CCS(O)(O)CC1. The van der Waals surface area contributed by atoms with Crippen LogP contribution < -0.4 is 5.32 Å². The Labute approximate surface area is 192 Å². The van der Waals surface area contributed by atoms with Crippen LogP contribution in [0.25, 0.3) is 0 Å². The fourth-order valence-electron chi connectivity index (χ4n) is 4.98. The maximum atomic E-state index is 13.5. The third-order valence-corrected chi connectivity index (χ3v) is 8.45. The van der Waals surface area contributed by atoms with Crippen molar-refractivity contribution < 1.29 is 18.3 Å². The number of nitrogens with one attached hydrogen (secondary N) is 1. The summed E-state index contributed by atoms with van der Waals surface area (Å²) in [6.45, 7) is 0.691. The van der Waals surface area contributed by atoms with Crippen molar-refractivity contribution in [2.45, 2.75) is 31.1 Å². The van der Waals surface area contributed by atoms with E-state index in [1.807, 2.05) is 0 Å². The zero-order valence-corrected chi connectivity index (χ0v) is 19.1. The molecule has 1 aliphatic heterocycles. The Morgan fingerprint density at radius 1 is 1.19 bits per heavy atom. The Morgan fingerprint density at radius 3 is 2.55 bits per heavy atom. The number of rotatable bonds is 3. The van der Waals surface area contributed by atoms with E-state index in [0.29, 0.717) is 42.0 Å². The smallest absolute Gasteiger partial charge is 0.255 e. The Hall–Kier alpha value is -1.58. The Balaban J connectivity index is 0.00000231. The van der Waals surface area contributed by atoms with Crippen molar-refractivity contribution in [3.05, 3.63) is 51.9 Å². The summed E-state index contributed by atoms with van der Waals surface area (Å²) in [5.41, 5.74) is 3.43. The first-order valence-electron chi connectivity index (χ1n) is 10.1. The zero-order chi connectivity index (χ0) is 21.0. The van der Waals surface area contributed by atoms with E-state index in [4.69, 9.17) is 11.6 Å². The van der Waals surface area contributed by atoms with Crippen molar-refractivity contribution in [3.63, 3.8) is 0 Å². The van der Waals surface area contributed by atoms with Gasteiger partial charge in [-0.15, -0.1) is 12.4 Å². The summed E-state index contributed by atoms with van der Waals surface area (Å²) >= 11 is 5.91. The van der Waals surface area contributed by atoms with Crippen LogP contribution in [-0.2, 0) is 0 Å². The lowest BCUT2D eigenvalue weighted by Gasteiger charge is -2.41. The lowest BCUT2D eigenvalue weighted by Crippen LogP contribution is -2.42. The van der Waals surface area contributed by atoms with Gasteiger partial charge in [-0.2, -0.15) is 10.6 Å². The van der Waals surface area contributed by atoms with Crippen LogP contribution in [0, 0.1) is 5.82 Å². The molecule has 6 nitrogen and oxygen atoms in total. The number of anilines is 2. The maximum absolute atomic E-state index is 13.5. The predicted octanol–water partition coefficient (Wildman–Crippen LogP) is 5.61. The maximum Gasteiger partial charge on any atom is 0.255 e. The van der Waals surface area contributed by atoms with E-state index in [2.05, 4.69) is 10.3 Å². The molecule has 1 aromatic heterocycles. The highest BCUT2D eigenvalue weighted by Gasteiger charge is 2.42. The molecular formula is C21H24Cl2FN3O3S. The van der Waals surface area contributed by atoms with E-state index in [1.165, 1.54) is 12.1 Å². The van der Waals surface area contributed by atoms with E-state index >= 15 is 0 Å². The highest BCUT2D eigenvalue weighted by atomic mass is 35.5. The average Bonchev–Trinajstić information content (AvgIpc) is 3.33. The number of hydrogen-bond acceptors (Lipinski definition) is 5. The molecule has 0 radical (unpaired) electrons. The molecule has 5 rings (SSSR count). The average molecular weight is 488 g/mol. The summed E-state index contributed by atoms with van der Waals surface area (Å²) in [7, 11) is -2.56. The summed E-state index contributed by atoms with van der Waals surface area (Å²) < 4.78 is 33.2. The van der Waals surface area contributed by atoms with Crippen molar-refractivity contribution in [3.8, 4) is 0 Å². The highest BCUT2D eigenvalue weighted by molar-refractivity contribution is 8.24. The molecule has 3 aliphatic rings. The molecule has 2 fully saturated rings. The van der Waals surface area contributed by atoms with Gasteiger partial charge in [-0.1, -0.05) is 11.6 Å². The molecule has 1 saturated heterocycles. The number of carbonyl (C=O) groups is 1. The minimum absolute atomic E-state index is 0. The summed E-state index contributed by atoms with van der Waals surface area (Å²) in [6, 6.07) is 4.46. The van der Waals surface area contributed by atoms with Crippen LogP contribution in [0.2, 0.25) is 5.02 Å². The molecule has 0 spiro atoms. The van der Waals surface area contributed by atoms with E-state index in [-0.39, 0.29) is 34.8 Å². The number of carbonyl (C=O) groups excluding carboxylic acids is 1. The van der Waals surface area contributed by atoms with Crippen LogP contribution in [-0.4, -0.2) is 49.5 Å². The first-order chi connectivity index (χ1) is 14.3. The minimum atomic E-state index is -2.56. The topological polar surface area (TPSA) is 85.7 Å². The predicted molar refractivity (Wildman–Crippen MR) is 124 cm³/mol. The zero-order valence-electron chi connectivity index (χ0n) is 16.7. The third kappa shape index (κ3) is 4.12. The second-order valence-electron chi connectivity index (χ2n) is 8.31. The van der Waals surface area contributed by atoms with Crippen molar-refractivity contribution in [2.24, 2.45) is 0 Å². The first-order valence-corrected chi connectivity index (χ1v) is 12.4. The van der Waals surface area contributed by atoms with Gasteiger partial charge in [-0.3, -0.25) is 13.9 Å². The molecule has 1 amide bonds. The number of nitrogens with zero attached hydrogens (tertiary/aromatic N) is 2. The van der Waals surface area contributed by atoms with Crippen LogP contribution in [0.5, 0.6) is 0 Å². The standard InChI is InChI=1S/C21H23ClFN3O3S.ClH/c22-16-10-14(3-4-17(16)23)25-20-19-13-2-1-12(9-13)18(19)15(11-24-20)21(27)26-5-7-30(28,29)8-6-26;/h3-4,10-13,28-29H,1-2,5-9H2,(H,24,25);1H. The molecule has 2 atom stereocenters. The van der Waals surface area contributed by atoms with Gasteiger partial charge in [-0.05, 0) is 54.9 Å². The largest absolute Gasteiger partial charge is 0.340 e. The van der Waals surface area contributed by atoms with Gasteiger partial charge >= 0.3 is 0 Å². The molecule has 2 aliphatic carbocycles. The number of benzene rings is 1. The molecule has 1 saturated carbocycles. The number of fused-ring (bicyclic) bond motifs is 5. The second kappa shape index (κ2) is 8.41. The quantitative estimate of drug-likeness (QED) is 0.523. The molecule has 31 heavy (non-hydrogen) atoms. The fraction of sp³-hybridized carbons (Fsp3) is 0.429. The van der Waals surface area contributed by atoms with E-state index in [0.717, 1.165) is 30.4 Å². The number of amides is 1. The molecule has 2 heterocycles. The fourth-order valence-corrected chi connectivity index (χ4v) is 6.39. The van der Waals surface area contributed by atoms with Gasteiger partial charge in [0.2, 0.25) is 0 Å². The van der Waals surface area contributed by atoms with Crippen LogP contribution >= 0.6 is 34.6 Å². The molecule has 10 heteroatoms. The van der Waals surface area contributed by atoms with E-state index in [9.17, 15) is 18.3 Å².